The van der Waals surface area contributed by atoms with Crippen LogP contribution in [0.15, 0.2) is 34.1 Å². The second-order valence-corrected chi connectivity index (χ2v) is 7.23. The minimum atomic E-state index is -3.33. The molecule has 1 fully saturated rings. The first-order valence-corrected chi connectivity index (χ1v) is 7.89. The van der Waals surface area contributed by atoms with Crippen molar-refractivity contribution in [3.8, 4) is 0 Å². The average Bonchev–Trinajstić information content (AvgIpc) is 3.12. The van der Waals surface area contributed by atoms with Gasteiger partial charge in [0.05, 0.1) is 12.2 Å². The summed E-state index contributed by atoms with van der Waals surface area (Å²) >= 11 is 1.25. The minimum absolute atomic E-state index is 0.0854. The van der Waals surface area contributed by atoms with Gasteiger partial charge < -0.3 is 0 Å². The predicted molar refractivity (Wildman–Crippen MR) is 66.8 cm³/mol. The Labute approximate surface area is 109 Å². The third-order valence-corrected chi connectivity index (χ3v) is 6.27. The molecule has 0 saturated carbocycles. The van der Waals surface area contributed by atoms with Crippen molar-refractivity contribution in [3.05, 3.63) is 29.9 Å². The number of thiophene rings is 1. The van der Waals surface area contributed by atoms with Gasteiger partial charge in [-0.25, -0.2) is 13.1 Å². The number of hydrogen-bond donors (Lipinski definition) is 0. The lowest BCUT2D eigenvalue weighted by atomic mass is 10.3. The van der Waals surface area contributed by atoms with Crippen LogP contribution in [0, 0.1) is 0 Å². The van der Waals surface area contributed by atoms with Gasteiger partial charge in [0, 0.05) is 19.3 Å². The van der Waals surface area contributed by atoms with Crippen molar-refractivity contribution in [2.45, 2.75) is 16.7 Å². The molecule has 0 spiro atoms. The normalized spacial score (nSPS) is 21.4. The van der Waals surface area contributed by atoms with Gasteiger partial charge in [0.15, 0.2) is 0 Å². The number of nitrogens with zero attached hydrogens (tertiary/aromatic N) is 4. The van der Waals surface area contributed by atoms with Crippen LogP contribution in [0.25, 0.3) is 0 Å². The van der Waals surface area contributed by atoms with Crippen molar-refractivity contribution in [1.29, 1.82) is 0 Å². The molecule has 0 unspecified atom stereocenters. The van der Waals surface area contributed by atoms with Crippen LogP contribution in [0.4, 0.5) is 0 Å². The van der Waals surface area contributed by atoms with E-state index in [4.69, 9.17) is 0 Å². The minimum Gasteiger partial charge on any atom is -0.248 e. The van der Waals surface area contributed by atoms with Gasteiger partial charge in [-0.05, 0) is 17.9 Å². The quantitative estimate of drug-likeness (QED) is 0.842. The van der Waals surface area contributed by atoms with E-state index in [-0.39, 0.29) is 6.04 Å². The zero-order valence-electron chi connectivity index (χ0n) is 9.51. The molecule has 18 heavy (non-hydrogen) atoms. The summed E-state index contributed by atoms with van der Waals surface area (Å²) in [6, 6.07) is 3.48. The van der Waals surface area contributed by atoms with E-state index in [0.717, 1.165) is 6.42 Å². The maximum atomic E-state index is 12.3. The lowest BCUT2D eigenvalue weighted by Crippen LogP contribution is -2.28. The molecule has 2 aromatic rings. The summed E-state index contributed by atoms with van der Waals surface area (Å²) < 4.78 is 28.3. The molecular formula is C10H12N4O2S2. The fraction of sp³-hybridized carbons (Fsp3) is 0.400. The Morgan fingerprint density at radius 3 is 3.00 bits per heavy atom. The summed E-state index contributed by atoms with van der Waals surface area (Å²) in [5, 5.41) is 9.45. The third-order valence-electron chi connectivity index (χ3n) is 3.03. The zero-order chi connectivity index (χ0) is 12.6. The summed E-state index contributed by atoms with van der Waals surface area (Å²) in [7, 11) is -3.33. The van der Waals surface area contributed by atoms with Crippen LogP contribution in [0.1, 0.15) is 12.5 Å². The summed E-state index contributed by atoms with van der Waals surface area (Å²) in [5.74, 6) is 0. The average molecular weight is 284 g/mol. The van der Waals surface area contributed by atoms with Gasteiger partial charge in [-0.15, -0.1) is 16.4 Å². The zero-order valence-corrected chi connectivity index (χ0v) is 11.1. The summed E-state index contributed by atoms with van der Waals surface area (Å²) in [6.45, 7) is 0.994. The third kappa shape index (κ3) is 1.96. The lowest BCUT2D eigenvalue weighted by molar-refractivity contribution is 0.429. The Balaban J connectivity index is 1.80. The van der Waals surface area contributed by atoms with Crippen molar-refractivity contribution in [1.82, 2.24) is 19.3 Å². The number of rotatable bonds is 3. The highest BCUT2D eigenvalue weighted by atomic mass is 32.2. The Hall–Kier alpha value is -1.25. The Kier molecular flexibility index (Phi) is 2.92. The monoisotopic (exact) mass is 284 g/mol. The Morgan fingerprint density at radius 2 is 2.33 bits per heavy atom. The lowest BCUT2D eigenvalue weighted by Gasteiger charge is -2.15. The molecule has 0 aliphatic carbocycles. The van der Waals surface area contributed by atoms with Crippen LogP contribution < -0.4 is 0 Å². The smallest absolute Gasteiger partial charge is 0.248 e. The highest BCUT2D eigenvalue weighted by molar-refractivity contribution is 7.91. The molecule has 1 atom stereocenters. The van der Waals surface area contributed by atoms with Crippen molar-refractivity contribution < 1.29 is 8.42 Å². The van der Waals surface area contributed by atoms with Gasteiger partial charge in [-0.2, -0.15) is 4.31 Å². The van der Waals surface area contributed by atoms with Crippen molar-refractivity contribution in [2.75, 3.05) is 13.1 Å². The number of sulfonamides is 1. The molecule has 8 heteroatoms. The Bertz CT molecular complexity index is 606. The van der Waals surface area contributed by atoms with E-state index in [1.54, 1.807) is 34.6 Å². The second kappa shape index (κ2) is 4.45. The van der Waals surface area contributed by atoms with Crippen LogP contribution in [0.3, 0.4) is 0 Å². The van der Waals surface area contributed by atoms with Gasteiger partial charge >= 0.3 is 0 Å². The van der Waals surface area contributed by atoms with Gasteiger partial charge in [-0.1, -0.05) is 11.3 Å². The first-order valence-electron chi connectivity index (χ1n) is 5.57. The summed E-state index contributed by atoms with van der Waals surface area (Å²) in [4.78, 5) is 0. The fourth-order valence-electron chi connectivity index (χ4n) is 2.09. The SMILES string of the molecule is O=S(=O)(c1cccs1)N1CC[C@H](n2ccnn2)C1. The number of aromatic nitrogens is 3. The molecule has 1 aliphatic heterocycles. The second-order valence-electron chi connectivity index (χ2n) is 4.12. The molecule has 0 radical (unpaired) electrons. The molecule has 0 N–H and O–H groups in total. The molecule has 96 valence electrons. The van der Waals surface area contributed by atoms with Crippen molar-refractivity contribution in [3.63, 3.8) is 0 Å². The van der Waals surface area contributed by atoms with E-state index >= 15 is 0 Å². The van der Waals surface area contributed by atoms with E-state index in [9.17, 15) is 8.42 Å². The fourth-order valence-corrected chi connectivity index (χ4v) is 4.73. The summed E-state index contributed by atoms with van der Waals surface area (Å²) in [5.41, 5.74) is 0. The highest BCUT2D eigenvalue weighted by Gasteiger charge is 2.34. The standard InChI is InChI=1S/C10H12N4O2S2/c15-18(16,10-2-1-7-17-10)13-5-3-9(8-13)14-6-4-11-12-14/h1-2,4,6-7,9H,3,5,8H2/t9-/m0/s1. The predicted octanol–water partition coefficient (Wildman–Crippen LogP) is 0.975. The first-order chi connectivity index (χ1) is 8.68. The van der Waals surface area contributed by atoms with Crippen LogP contribution in [0.2, 0.25) is 0 Å². The Morgan fingerprint density at radius 1 is 1.44 bits per heavy atom. The van der Waals surface area contributed by atoms with Gasteiger partial charge in [-0.3, -0.25) is 0 Å². The number of hydrogen-bond acceptors (Lipinski definition) is 5. The van der Waals surface area contributed by atoms with Crippen LogP contribution >= 0.6 is 11.3 Å². The maximum absolute atomic E-state index is 12.3. The van der Waals surface area contributed by atoms with Crippen LogP contribution in [0.5, 0.6) is 0 Å². The van der Waals surface area contributed by atoms with Crippen molar-refractivity contribution >= 4 is 21.4 Å². The molecule has 3 heterocycles. The topological polar surface area (TPSA) is 68.1 Å². The van der Waals surface area contributed by atoms with E-state index < -0.39 is 10.0 Å². The van der Waals surface area contributed by atoms with Gasteiger partial charge in [0.25, 0.3) is 10.0 Å². The van der Waals surface area contributed by atoms with Crippen LogP contribution in [-0.2, 0) is 10.0 Å². The van der Waals surface area contributed by atoms with Crippen LogP contribution in [-0.4, -0.2) is 40.8 Å². The molecule has 1 aliphatic rings. The first kappa shape index (κ1) is 11.8. The molecule has 2 aromatic heterocycles. The molecule has 3 rings (SSSR count). The van der Waals surface area contributed by atoms with E-state index in [1.807, 2.05) is 0 Å². The van der Waals surface area contributed by atoms with E-state index in [2.05, 4.69) is 10.3 Å². The molecule has 0 aromatic carbocycles. The van der Waals surface area contributed by atoms with E-state index in [1.165, 1.54) is 15.6 Å². The summed E-state index contributed by atoms with van der Waals surface area (Å²) in [6.07, 6.45) is 4.15. The van der Waals surface area contributed by atoms with Crippen molar-refractivity contribution in [2.24, 2.45) is 0 Å². The molecule has 0 amide bonds. The highest BCUT2D eigenvalue weighted by Crippen LogP contribution is 2.28. The molecule has 1 saturated heterocycles. The van der Waals surface area contributed by atoms with Gasteiger partial charge in [0.2, 0.25) is 0 Å². The largest absolute Gasteiger partial charge is 0.252 e. The maximum Gasteiger partial charge on any atom is 0.252 e. The molecule has 0 bridgehead atoms. The molecular weight excluding hydrogens is 272 g/mol. The molecule has 6 nitrogen and oxygen atoms in total. The van der Waals surface area contributed by atoms with Gasteiger partial charge in [0.1, 0.15) is 4.21 Å². The van der Waals surface area contributed by atoms with E-state index in [0.29, 0.717) is 17.3 Å².